The molecular formula is C20H18Br2N2O7. The van der Waals surface area contributed by atoms with Crippen LogP contribution in [0.15, 0.2) is 24.3 Å². The SMILES string of the molecule is O=C(CCN1C(=O)C2C3CC(C(Br)C3Br)C2C1=O)OCC(=O)c1ccc([N+](=O)[O-])cc1. The second kappa shape index (κ2) is 8.42. The zero-order valence-corrected chi connectivity index (χ0v) is 19.3. The Morgan fingerprint density at radius 3 is 2.13 bits per heavy atom. The Bertz CT molecular complexity index is 935. The van der Waals surface area contributed by atoms with Gasteiger partial charge in [-0.1, -0.05) is 31.9 Å². The van der Waals surface area contributed by atoms with Crippen molar-refractivity contribution in [3.8, 4) is 0 Å². The van der Waals surface area contributed by atoms with Crippen LogP contribution < -0.4 is 0 Å². The molecule has 3 aliphatic rings. The summed E-state index contributed by atoms with van der Waals surface area (Å²) in [5, 5.41) is 10.7. The van der Waals surface area contributed by atoms with Gasteiger partial charge in [-0.15, -0.1) is 0 Å². The molecule has 9 nitrogen and oxygen atoms in total. The lowest BCUT2D eigenvalue weighted by Gasteiger charge is -2.28. The van der Waals surface area contributed by atoms with Gasteiger partial charge in [0, 0.05) is 33.9 Å². The highest BCUT2D eigenvalue weighted by Gasteiger charge is 2.66. The minimum absolute atomic E-state index is 0.0748. The summed E-state index contributed by atoms with van der Waals surface area (Å²) in [4.78, 5) is 61.3. The number of nitro groups is 1. The van der Waals surface area contributed by atoms with Crippen LogP contribution in [-0.2, 0) is 19.1 Å². The van der Waals surface area contributed by atoms with Gasteiger partial charge >= 0.3 is 5.97 Å². The Hall–Kier alpha value is -2.14. The van der Waals surface area contributed by atoms with Crippen LogP contribution in [0.4, 0.5) is 5.69 Å². The largest absolute Gasteiger partial charge is 0.457 e. The Kier molecular flexibility index (Phi) is 5.99. The number of Topliss-reactive ketones (excluding diaryl/α,β-unsaturated/α-hetero) is 1. The number of benzene rings is 1. The number of nitro benzene ring substituents is 1. The number of fused-ring (bicyclic) bond motifs is 5. The number of imide groups is 1. The summed E-state index contributed by atoms with van der Waals surface area (Å²) in [6, 6.07) is 4.96. The lowest BCUT2D eigenvalue weighted by molar-refractivity contribution is -0.384. The molecule has 164 valence electrons. The maximum Gasteiger partial charge on any atom is 0.308 e. The molecule has 1 aliphatic heterocycles. The van der Waals surface area contributed by atoms with E-state index in [2.05, 4.69) is 31.9 Å². The van der Waals surface area contributed by atoms with E-state index in [0.717, 1.165) is 11.3 Å². The monoisotopic (exact) mass is 556 g/mol. The number of amides is 2. The molecular weight excluding hydrogens is 540 g/mol. The van der Waals surface area contributed by atoms with Crippen molar-refractivity contribution in [3.63, 3.8) is 0 Å². The summed E-state index contributed by atoms with van der Waals surface area (Å²) in [5.74, 6) is -2.14. The molecule has 0 radical (unpaired) electrons. The molecule has 6 unspecified atom stereocenters. The summed E-state index contributed by atoms with van der Waals surface area (Å²) in [5.41, 5.74) is 0.0319. The third-order valence-corrected chi connectivity index (χ3v) is 9.59. The topological polar surface area (TPSA) is 124 Å². The molecule has 3 fully saturated rings. The summed E-state index contributed by atoms with van der Waals surface area (Å²) >= 11 is 7.25. The zero-order valence-electron chi connectivity index (χ0n) is 16.1. The van der Waals surface area contributed by atoms with Crippen molar-refractivity contribution in [1.29, 1.82) is 0 Å². The molecule has 1 aromatic rings. The van der Waals surface area contributed by atoms with Gasteiger partial charge in [0.05, 0.1) is 23.2 Å². The maximum atomic E-state index is 12.8. The Morgan fingerprint density at radius 1 is 1.06 bits per heavy atom. The van der Waals surface area contributed by atoms with Crippen molar-refractivity contribution in [2.24, 2.45) is 23.7 Å². The van der Waals surface area contributed by atoms with Crippen molar-refractivity contribution >= 4 is 61.1 Å². The molecule has 0 spiro atoms. The fraction of sp³-hybridized carbons (Fsp3) is 0.500. The van der Waals surface area contributed by atoms with E-state index in [1.807, 2.05) is 0 Å². The molecule has 2 bridgehead atoms. The van der Waals surface area contributed by atoms with Crippen molar-refractivity contribution in [2.75, 3.05) is 13.2 Å². The number of rotatable bonds is 7. The summed E-state index contributed by atoms with van der Waals surface area (Å²) in [6.07, 6.45) is 0.633. The number of ketones is 1. The molecule has 0 N–H and O–H groups in total. The van der Waals surface area contributed by atoms with Crippen molar-refractivity contribution < 1.29 is 28.8 Å². The number of non-ortho nitro benzene ring substituents is 1. The van der Waals surface area contributed by atoms with E-state index in [4.69, 9.17) is 4.74 Å². The minimum atomic E-state index is -0.701. The van der Waals surface area contributed by atoms with Gasteiger partial charge in [0.15, 0.2) is 12.4 Å². The van der Waals surface area contributed by atoms with Gasteiger partial charge in [0.25, 0.3) is 5.69 Å². The van der Waals surface area contributed by atoms with Gasteiger partial charge in [-0.2, -0.15) is 0 Å². The average molecular weight is 558 g/mol. The third kappa shape index (κ3) is 3.82. The van der Waals surface area contributed by atoms with Crippen LogP contribution in [-0.4, -0.2) is 56.2 Å². The number of carbonyl (C=O) groups excluding carboxylic acids is 4. The van der Waals surface area contributed by atoms with Gasteiger partial charge in [-0.25, -0.2) is 0 Å². The molecule has 4 rings (SSSR count). The number of nitrogens with zero attached hydrogens (tertiary/aromatic N) is 2. The van der Waals surface area contributed by atoms with Crippen LogP contribution in [0.2, 0.25) is 0 Å². The second-order valence-corrected chi connectivity index (χ2v) is 10.1. The first-order valence-corrected chi connectivity index (χ1v) is 11.6. The highest BCUT2D eigenvalue weighted by molar-refractivity contribution is 9.12. The standard InChI is InChI=1S/C20H18Br2N2O7/c21-17-11-7-12(18(17)22)16-15(11)19(27)23(20(16)28)6-5-14(26)31-8-13(25)9-1-3-10(4-2-9)24(29)30/h1-4,11-12,15-18H,5-8H2. The first-order chi connectivity index (χ1) is 14.7. The van der Waals surface area contributed by atoms with Crippen LogP contribution in [0, 0.1) is 33.8 Å². The fourth-order valence-corrected chi connectivity index (χ4v) is 6.78. The van der Waals surface area contributed by atoms with E-state index in [-0.39, 0.29) is 69.4 Å². The number of esters is 1. The minimum Gasteiger partial charge on any atom is -0.457 e. The Balaban J connectivity index is 1.28. The summed E-state index contributed by atoms with van der Waals surface area (Å²) in [6.45, 7) is -0.598. The van der Waals surface area contributed by atoms with Crippen LogP contribution in [0.3, 0.4) is 0 Å². The first kappa shape index (κ1) is 22.1. The number of ether oxygens (including phenoxy) is 1. The maximum absolute atomic E-state index is 12.8. The molecule has 1 aromatic carbocycles. The van der Waals surface area contributed by atoms with E-state index in [1.165, 1.54) is 24.3 Å². The van der Waals surface area contributed by atoms with Crippen molar-refractivity contribution in [2.45, 2.75) is 22.5 Å². The van der Waals surface area contributed by atoms with E-state index in [0.29, 0.717) is 0 Å². The highest BCUT2D eigenvalue weighted by Crippen LogP contribution is 2.60. The highest BCUT2D eigenvalue weighted by atomic mass is 79.9. The Labute approximate surface area is 193 Å². The number of alkyl halides is 2. The van der Waals surface area contributed by atoms with Crippen LogP contribution >= 0.6 is 31.9 Å². The molecule has 2 aliphatic carbocycles. The third-order valence-electron chi connectivity index (χ3n) is 6.38. The quantitative estimate of drug-likeness (QED) is 0.126. The van der Waals surface area contributed by atoms with Gasteiger partial charge in [-0.3, -0.25) is 34.2 Å². The summed E-state index contributed by atoms with van der Waals surface area (Å²) < 4.78 is 4.96. The molecule has 11 heteroatoms. The molecule has 2 saturated carbocycles. The van der Waals surface area contributed by atoms with Crippen molar-refractivity contribution in [3.05, 3.63) is 39.9 Å². The number of likely N-dealkylation sites (tertiary alicyclic amines) is 1. The van der Waals surface area contributed by atoms with E-state index >= 15 is 0 Å². The normalized spacial score (nSPS) is 31.1. The van der Waals surface area contributed by atoms with Crippen LogP contribution in [0.5, 0.6) is 0 Å². The van der Waals surface area contributed by atoms with E-state index in [9.17, 15) is 29.3 Å². The lowest BCUT2D eigenvalue weighted by atomic mass is 9.81. The number of hydrogen-bond acceptors (Lipinski definition) is 7. The predicted molar refractivity (Wildman–Crippen MR) is 114 cm³/mol. The van der Waals surface area contributed by atoms with Gasteiger partial charge in [0.1, 0.15) is 0 Å². The number of carbonyl (C=O) groups is 4. The van der Waals surface area contributed by atoms with Gasteiger partial charge in [0.2, 0.25) is 11.8 Å². The number of hydrogen-bond donors (Lipinski definition) is 0. The lowest BCUT2D eigenvalue weighted by Crippen LogP contribution is -2.37. The first-order valence-electron chi connectivity index (χ1n) is 9.77. The zero-order chi connectivity index (χ0) is 22.4. The molecule has 1 saturated heterocycles. The predicted octanol–water partition coefficient (Wildman–Crippen LogP) is 2.49. The summed E-state index contributed by atoms with van der Waals surface area (Å²) in [7, 11) is 0. The van der Waals surface area contributed by atoms with Crippen molar-refractivity contribution in [1.82, 2.24) is 4.90 Å². The van der Waals surface area contributed by atoms with E-state index < -0.39 is 23.3 Å². The van der Waals surface area contributed by atoms with Gasteiger partial charge in [-0.05, 0) is 30.4 Å². The van der Waals surface area contributed by atoms with Crippen LogP contribution in [0.1, 0.15) is 23.2 Å². The second-order valence-electron chi connectivity index (χ2n) is 7.97. The van der Waals surface area contributed by atoms with Gasteiger partial charge < -0.3 is 4.74 Å². The molecule has 2 amide bonds. The molecule has 6 atom stereocenters. The fourth-order valence-electron chi connectivity index (χ4n) is 4.90. The molecule has 1 heterocycles. The van der Waals surface area contributed by atoms with Crippen LogP contribution in [0.25, 0.3) is 0 Å². The average Bonchev–Trinajstić information content (AvgIpc) is 3.35. The number of halogens is 2. The van der Waals surface area contributed by atoms with E-state index in [1.54, 1.807) is 0 Å². The Morgan fingerprint density at radius 2 is 1.61 bits per heavy atom. The smallest absolute Gasteiger partial charge is 0.308 e. The molecule has 0 aromatic heterocycles. The molecule has 31 heavy (non-hydrogen) atoms.